The Labute approximate surface area is 135 Å². The van der Waals surface area contributed by atoms with Crippen LogP contribution in [-0.4, -0.2) is 10.7 Å². The highest BCUT2D eigenvalue weighted by Crippen LogP contribution is 2.47. The minimum absolute atomic E-state index is 0.216. The second kappa shape index (κ2) is 5.47. The molecule has 0 aliphatic carbocycles. The van der Waals surface area contributed by atoms with Crippen molar-refractivity contribution >= 4 is 10.9 Å². The molecule has 1 nitrogen and oxygen atoms in total. The Morgan fingerprint density at radius 3 is 2.08 bits per heavy atom. The van der Waals surface area contributed by atoms with Crippen LogP contribution in [0.15, 0.2) is 42.6 Å². The molecule has 2 aromatic carbocycles. The van der Waals surface area contributed by atoms with Gasteiger partial charge in [-0.2, -0.15) is 22.0 Å². The Morgan fingerprint density at radius 2 is 1.44 bits per heavy atom. The Balaban J connectivity index is 2.34. The molecule has 1 heterocycles. The first kappa shape index (κ1) is 17.2. The summed E-state index contributed by atoms with van der Waals surface area (Å²) >= 11 is 0. The van der Waals surface area contributed by atoms with Crippen molar-refractivity contribution in [2.45, 2.75) is 12.1 Å². The van der Waals surface area contributed by atoms with Gasteiger partial charge in [-0.25, -0.2) is 13.2 Å². The van der Waals surface area contributed by atoms with Gasteiger partial charge in [0.2, 0.25) is 0 Å². The second-order valence-electron chi connectivity index (χ2n) is 5.20. The van der Waals surface area contributed by atoms with Gasteiger partial charge in [0.1, 0.15) is 5.56 Å². The third-order valence-corrected chi connectivity index (χ3v) is 3.67. The highest BCUT2D eigenvalue weighted by atomic mass is 19.4. The Bertz CT molecular complexity index is 955. The van der Waals surface area contributed by atoms with E-state index >= 15 is 0 Å². The highest BCUT2D eigenvalue weighted by molar-refractivity contribution is 5.82. The van der Waals surface area contributed by atoms with Crippen LogP contribution < -0.4 is 0 Å². The Morgan fingerprint density at radius 1 is 0.800 bits per heavy atom. The molecule has 0 bridgehead atoms. The molecule has 9 heteroatoms. The fraction of sp³-hybridized carbons (Fsp3) is 0.125. The summed E-state index contributed by atoms with van der Waals surface area (Å²) in [5.74, 6) is -12.7. The number of rotatable bonds is 2. The second-order valence-corrected chi connectivity index (χ2v) is 5.20. The van der Waals surface area contributed by atoms with E-state index in [1.54, 1.807) is 12.1 Å². The summed E-state index contributed by atoms with van der Waals surface area (Å²) in [6, 6.07) is 7.73. The summed E-state index contributed by atoms with van der Waals surface area (Å²) in [6.07, 6.45) is -5.14. The zero-order chi connectivity index (χ0) is 18.6. The zero-order valence-corrected chi connectivity index (χ0v) is 12.0. The summed E-state index contributed by atoms with van der Waals surface area (Å²) < 4.78 is 107. The molecular formula is C16H7F8N. The average molecular weight is 365 g/mol. The van der Waals surface area contributed by atoms with E-state index < -0.39 is 40.8 Å². The summed E-state index contributed by atoms with van der Waals surface area (Å²) in [6.45, 7) is 0. The van der Waals surface area contributed by atoms with E-state index in [9.17, 15) is 35.1 Å². The molecule has 25 heavy (non-hydrogen) atoms. The van der Waals surface area contributed by atoms with Crippen molar-refractivity contribution in [2.75, 3.05) is 0 Å². The molecule has 0 aliphatic rings. The number of alkyl halides is 5. The largest absolute Gasteiger partial charge is 0.458 e. The van der Waals surface area contributed by atoms with Crippen molar-refractivity contribution in [1.82, 2.24) is 4.57 Å². The van der Waals surface area contributed by atoms with Crippen LogP contribution in [0.5, 0.6) is 0 Å². The topological polar surface area (TPSA) is 4.93 Å². The third kappa shape index (κ3) is 2.54. The maximum absolute atomic E-state index is 14.4. The van der Waals surface area contributed by atoms with E-state index in [1.165, 1.54) is 18.2 Å². The van der Waals surface area contributed by atoms with Crippen LogP contribution in [0.4, 0.5) is 35.1 Å². The number of para-hydroxylation sites is 1. The summed E-state index contributed by atoms with van der Waals surface area (Å²) in [5, 5.41) is 0.496. The number of halogens is 8. The lowest BCUT2D eigenvalue weighted by Crippen LogP contribution is -2.36. The fourth-order valence-corrected chi connectivity index (χ4v) is 2.48. The molecule has 0 radical (unpaired) electrons. The standard InChI is InChI=1S/C16H7F8N/c17-9-7-11(25-6-5-8-3-1-2-4-10(8)25)14(19)12(13(9)18)15(20,21)16(22,23)24/h1-7H. The molecule has 0 unspecified atom stereocenters. The van der Waals surface area contributed by atoms with Crippen molar-refractivity contribution in [1.29, 1.82) is 0 Å². The van der Waals surface area contributed by atoms with Crippen LogP contribution in [0.1, 0.15) is 5.56 Å². The average Bonchev–Trinajstić information content (AvgIpc) is 2.93. The molecule has 0 spiro atoms. The first-order valence-corrected chi connectivity index (χ1v) is 6.74. The SMILES string of the molecule is Fc1cc(-n2ccc3ccccc32)c(F)c(C(F)(F)C(F)(F)F)c1F. The van der Waals surface area contributed by atoms with Crippen molar-refractivity contribution in [3.8, 4) is 5.69 Å². The summed E-state index contributed by atoms with van der Waals surface area (Å²) in [5.41, 5.74) is -3.42. The number of fused-ring (bicyclic) bond motifs is 1. The predicted molar refractivity (Wildman–Crippen MR) is 73.1 cm³/mol. The van der Waals surface area contributed by atoms with Gasteiger partial charge in [0.05, 0.1) is 11.2 Å². The number of aromatic nitrogens is 1. The van der Waals surface area contributed by atoms with Crippen LogP contribution in [0.3, 0.4) is 0 Å². The van der Waals surface area contributed by atoms with E-state index in [0.717, 1.165) is 10.8 Å². The number of hydrogen-bond acceptors (Lipinski definition) is 0. The fourth-order valence-electron chi connectivity index (χ4n) is 2.48. The molecule has 0 fully saturated rings. The van der Waals surface area contributed by atoms with Crippen LogP contribution in [0.25, 0.3) is 16.6 Å². The van der Waals surface area contributed by atoms with E-state index in [-0.39, 0.29) is 11.6 Å². The van der Waals surface area contributed by atoms with Crippen molar-refractivity contribution in [3.63, 3.8) is 0 Å². The molecule has 3 aromatic rings. The molecule has 0 amide bonds. The first-order chi connectivity index (χ1) is 11.6. The third-order valence-electron chi connectivity index (χ3n) is 3.67. The molecule has 0 N–H and O–H groups in total. The number of nitrogens with zero attached hydrogens (tertiary/aromatic N) is 1. The lowest BCUT2D eigenvalue weighted by molar-refractivity contribution is -0.291. The molecule has 0 saturated heterocycles. The molecular weight excluding hydrogens is 358 g/mol. The quantitative estimate of drug-likeness (QED) is 0.405. The van der Waals surface area contributed by atoms with E-state index in [0.29, 0.717) is 5.39 Å². The first-order valence-electron chi connectivity index (χ1n) is 6.74. The van der Waals surface area contributed by atoms with Crippen molar-refractivity contribution < 1.29 is 35.1 Å². The van der Waals surface area contributed by atoms with E-state index in [4.69, 9.17) is 0 Å². The van der Waals surface area contributed by atoms with Gasteiger partial charge < -0.3 is 4.57 Å². The molecule has 1 aromatic heterocycles. The van der Waals surface area contributed by atoms with Gasteiger partial charge in [-0.1, -0.05) is 18.2 Å². The van der Waals surface area contributed by atoms with E-state index in [1.807, 2.05) is 0 Å². The van der Waals surface area contributed by atoms with Gasteiger partial charge in [0, 0.05) is 12.3 Å². The van der Waals surface area contributed by atoms with Crippen LogP contribution in [0.2, 0.25) is 0 Å². The number of benzene rings is 2. The Kier molecular flexibility index (Phi) is 3.77. The molecule has 0 saturated carbocycles. The maximum atomic E-state index is 14.4. The lowest BCUT2D eigenvalue weighted by atomic mass is 10.0. The lowest BCUT2D eigenvalue weighted by Gasteiger charge is -2.22. The molecule has 132 valence electrons. The van der Waals surface area contributed by atoms with Crippen molar-refractivity contribution in [3.05, 3.63) is 65.6 Å². The van der Waals surface area contributed by atoms with Gasteiger partial charge in [-0.3, -0.25) is 0 Å². The van der Waals surface area contributed by atoms with Gasteiger partial charge in [-0.05, 0) is 17.5 Å². The smallest absolute Gasteiger partial charge is 0.314 e. The minimum Gasteiger partial charge on any atom is -0.314 e. The van der Waals surface area contributed by atoms with E-state index in [2.05, 4.69) is 0 Å². The van der Waals surface area contributed by atoms with Crippen molar-refractivity contribution in [2.24, 2.45) is 0 Å². The molecule has 0 atom stereocenters. The zero-order valence-electron chi connectivity index (χ0n) is 12.0. The monoisotopic (exact) mass is 365 g/mol. The summed E-state index contributed by atoms with van der Waals surface area (Å²) in [4.78, 5) is 0. The van der Waals surface area contributed by atoms with Gasteiger partial charge >= 0.3 is 12.1 Å². The number of hydrogen-bond donors (Lipinski definition) is 0. The van der Waals surface area contributed by atoms with Gasteiger partial charge in [0.15, 0.2) is 17.5 Å². The maximum Gasteiger partial charge on any atom is 0.458 e. The minimum atomic E-state index is -6.29. The molecule has 0 aliphatic heterocycles. The Hall–Kier alpha value is -2.58. The molecule has 3 rings (SSSR count). The predicted octanol–water partition coefficient (Wildman–Crippen LogP) is 5.70. The van der Waals surface area contributed by atoms with Gasteiger partial charge in [0.25, 0.3) is 0 Å². The van der Waals surface area contributed by atoms with Gasteiger partial charge in [-0.15, -0.1) is 0 Å². The van der Waals surface area contributed by atoms with Crippen LogP contribution in [0, 0.1) is 17.5 Å². The normalized spacial score (nSPS) is 12.8. The highest BCUT2D eigenvalue weighted by Gasteiger charge is 2.62. The van der Waals surface area contributed by atoms with Crippen LogP contribution >= 0.6 is 0 Å². The van der Waals surface area contributed by atoms with Crippen LogP contribution in [-0.2, 0) is 5.92 Å². The summed E-state index contributed by atoms with van der Waals surface area (Å²) in [7, 11) is 0.